The molecule has 0 aliphatic carbocycles. The maximum atomic E-state index is 12.7. The van der Waals surface area contributed by atoms with Crippen LogP contribution < -0.4 is 10.6 Å². The van der Waals surface area contributed by atoms with Gasteiger partial charge >= 0.3 is 0 Å². The number of hydrogen-bond acceptors (Lipinski definition) is 4. The third-order valence-corrected chi connectivity index (χ3v) is 6.38. The van der Waals surface area contributed by atoms with Gasteiger partial charge in [0.05, 0.1) is 0 Å². The van der Waals surface area contributed by atoms with E-state index in [0.717, 1.165) is 16.7 Å². The van der Waals surface area contributed by atoms with Crippen LogP contribution in [0.3, 0.4) is 0 Å². The van der Waals surface area contributed by atoms with Gasteiger partial charge in [-0.25, -0.2) is 0 Å². The van der Waals surface area contributed by atoms with Gasteiger partial charge in [0.25, 0.3) is 11.8 Å². The molecule has 2 N–H and O–H groups in total. The van der Waals surface area contributed by atoms with Crippen LogP contribution in [-0.2, 0) is 16.1 Å². The fraction of sp³-hybridized carbons (Fsp3) is 0.103. The number of hydrogen-bond donors (Lipinski definition) is 2. The summed E-state index contributed by atoms with van der Waals surface area (Å²) in [7, 11) is 0. The fourth-order valence-corrected chi connectivity index (χ4v) is 4.51. The Morgan fingerprint density at radius 2 is 1.19 bits per heavy atom. The molecule has 2 heterocycles. The summed E-state index contributed by atoms with van der Waals surface area (Å²) in [6.45, 7) is 7.81. The molecule has 2 aliphatic rings. The maximum Gasteiger partial charge on any atom is 0.259 e. The molecule has 0 aromatic heterocycles. The van der Waals surface area contributed by atoms with E-state index in [4.69, 9.17) is 0 Å². The summed E-state index contributed by atoms with van der Waals surface area (Å²) >= 11 is 0. The summed E-state index contributed by atoms with van der Waals surface area (Å²) < 4.78 is 0. The first-order valence-electron chi connectivity index (χ1n) is 11.7. The van der Waals surface area contributed by atoms with Crippen molar-refractivity contribution in [3.63, 3.8) is 0 Å². The molecule has 0 unspecified atom stereocenters. The summed E-state index contributed by atoms with van der Waals surface area (Å²) in [5.41, 5.74) is 4.80. The van der Waals surface area contributed by atoms with Crippen LogP contribution in [0.1, 0.15) is 37.4 Å². The summed E-state index contributed by atoms with van der Waals surface area (Å²) in [4.78, 5) is 53.2. The average Bonchev–Trinajstić information content (AvgIpc) is 3.28. The normalized spacial score (nSPS) is 14.1. The van der Waals surface area contributed by atoms with Crippen LogP contribution in [0.25, 0.3) is 11.4 Å². The van der Waals surface area contributed by atoms with Gasteiger partial charge < -0.3 is 10.6 Å². The molecule has 0 atom stereocenters. The van der Waals surface area contributed by atoms with E-state index >= 15 is 0 Å². The molecule has 37 heavy (non-hydrogen) atoms. The minimum atomic E-state index is -0.367. The van der Waals surface area contributed by atoms with Gasteiger partial charge in [-0.15, -0.1) is 0 Å². The van der Waals surface area contributed by atoms with Crippen molar-refractivity contribution in [3.8, 4) is 0 Å². The highest BCUT2D eigenvalue weighted by atomic mass is 16.2. The first-order chi connectivity index (χ1) is 17.8. The largest absolute Gasteiger partial charge is 0.350 e. The molecular weight excluding hydrogens is 468 g/mol. The Morgan fingerprint density at radius 3 is 1.73 bits per heavy atom. The van der Waals surface area contributed by atoms with E-state index in [2.05, 4.69) is 23.8 Å². The second-order valence-electron chi connectivity index (χ2n) is 8.79. The molecule has 5 rings (SSSR count). The van der Waals surface area contributed by atoms with E-state index < -0.39 is 0 Å². The predicted molar refractivity (Wildman–Crippen MR) is 140 cm³/mol. The average molecular weight is 493 g/mol. The van der Waals surface area contributed by atoms with Gasteiger partial charge in [-0.2, -0.15) is 0 Å². The number of fused-ring (bicyclic) bond motifs is 2. The molecule has 0 radical (unpaired) electrons. The molecule has 8 heteroatoms. The monoisotopic (exact) mass is 492 g/mol. The molecule has 0 fully saturated rings. The molecule has 4 amide bonds. The van der Waals surface area contributed by atoms with Crippen molar-refractivity contribution in [1.29, 1.82) is 0 Å². The number of carbonyl (C=O) groups excluding carboxylic acids is 4. The molecule has 184 valence electrons. The molecular formula is C29H24N4O4. The predicted octanol–water partition coefficient (Wildman–Crippen LogP) is 3.49. The lowest BCUT2D eigenvalue weighted by atomic mass is 10.1. The number of amides is 4. The lowest BCUT2D eigenvalue weighted by Gasteiger charge is -2.18. The number of rotatable bonds is 7. The summed E-state index contributed by atoms with van der Waals surface area (Å²) in [6, 6.07) is 21.3. The van der Waals surface area contributed by atoms with Crippen molar-refractivity contribution in [2.75, 3.05) is 18.4 Å². The third-order valence-electron chi connectivity index (χ3n) is 6.38. The van der Waals surface area contributed by atoms with Crippen LogP contribution in [0.2, 0.25) is 0 Å². The van der Waals surface area contributed by atoms with Gasteiger partial charge in [-0.05, 0) is 29.8 Å². The Balaban J connectivity index is 1.15. The lowest BCUT2D eigenvalue weighted by molar-refractivity contribution is -0.121. The second kappa shape index (κ2) is 9.58. The molecule has 3 aromatic rings. The highest BCUT2D eigenvalue weighted by Crippen LogP contribution is 2.31. The van der Waals surface area contributed by atoms with Gasteiger partial charge in [0.2, 0.25) is 11.8 Å². The van der Waals surface area contributed by atoms with E-state index in [1.165, 1.54) is 9.80 Å². The van der Waals surface area contributed by atoms with Crippen molar-refractivity contribution in [3.05, 3.63) is 114 Å². The van der Waals surface area contributed by atoms with E-state index in [9.17, 15) is 19.2 Å². The first-order valence-corrected chi connectivity index (χ1v) is 11.7. The van der Waals surface area contributed by atoms with Crippen molar-refractivity contribution in [1.82, 2.24) is 15.1 Å². The highest BCUT2D eigenvalue weighted by Gasteiger charge is 2.33. The first kappa shape index (κ1) is 23.7. The number of nitrogens with zero attached hydrogens (tertiary/aromatic N) is 2. The van der Waals surface area contributed by atoms with Gasteiger partial charge in [0.15, 0.2) is 0 Å². The molecule has 8 nitrogen and oxygen atoms in total. The maximum absolute atomic E-state index is 12.7. The Hall–Kier alpha value is -4.98. The van der Waals surface area contributed by atoms with Gasteiger partial charge in [-0.1, -0.05) is 61.7 Å². The zero-order chi connectivity index (χ0) is 26.1. The van der Waals surface area contributed by atoms with Crippen LogP contribution in [0.4, 0.5) is 5.69 Å². The van der Waals surface area contributed by atoms with Crippen molar-refractivity contribution in [2.24, 2.45) is 0 Å². The van der Waals surface area contributed by atoms with Crippen LogP contribution in [0, 0.1) is 0 Å². The summed E-state index contributed by atoms with van der Waals surface area (Å²) in [5.74, 6) is -1.20. The third kappa shape index (κ3) is 4.52. The second-order valence-corrected chi connectivity index (χ2v) is 8.79. The fourth-order valence-electron chi connectivity index (χ4n) is 4.51. The number of carbonyl (C=O) groups is 4. The topological polar surface area (TPSA) is 98.8 Å². The van der Waals surface area contributed by atoms with E-state index in [0.29, 0.717) is 28.2 Å². The van der Waals surface area contributed by atoms with Crippen LogP contribution in [-0.4, -0.2) is 46.5 Å². The summed E-state index contributed by atoms with van der Waals surface area (Å²) in [5, 5.41) is 5.60. The van der Waals surface area contributed by atoms with Gasteiger partial charge in [0, 0.05) is 45.9 Å². The van der Waals surface area contributed by atoms with Crippen molar-refractivity contribution >= 4 is 40.7 Å². The van der Waals surface area contributed by atoms with Crippen molar-refractivity contribution < 1.29 is 19.2 Å². The van der Waals surface area contributed by atoms with Crippen LogP contribution >= 0.6 is 0 Å². The van der Waals surface area contributed by atoms with Gasteiger partial charge in [0.1, 0.15) is 13.1 Å². The summed E-state index contributed by atoms with van der Waals surface area (Å²) in [6.07, 6.45) is 0. The van der Waals surface area contributed by atoms with Crippen LogP contribution in [0.5, 0.6) is 0 Å². The number of benzene rings is 3. The Bertz CT molecular complexity index is 1420. The van der Waals surface area contributed by atoms with E-state index in [1.807, 2.05) is 24.3 Å². The Morgan fingerprint density at radius 1 is 0.676 bits per heavy atom. The quantitative estimate of drug-likeness (QED) is 0.528. The SMILES string of the molecule is C=C1c2ccccc2C(=O)N1CC(=O)NCc1cccc(NC(=O)CN2C(=C)c3ccccc3C2=O)c1. The number of anilines is 1. The standard InChI is InChI=1S/C29H24N4O4/c1-18-22-10-3-5-12-24(22)28(36)32(18)16-26(34)30-15-20-8-7-9-21(14-20)31-27(35)17-33-19(2)23-11-4-6-13-25(23)29(33)37/h3-14H,1-2,15-17H2,(H,30,34)(H,31,35). The molecule has 3 aromatic carbocycles. The molecule has 0 bridgehead atoms. The Labute approximate surface area is 213 Å². The van der Waals surface area contributed by atoms with E-state index in [1.54, 1.807) is 48.5 Å². The highest BCUT2D eigenvalue weighted by molar-refractivity contribution is 6.11. The minimum Gasteiger partial charge on any atom is -0.350 e. The zero-order valence-corrected chi connectivity index (χ0v) is 20.0. The smallest absolute Gasteiger partial charge is 0.259 e. The molecule has 2 aliphatic heterocycles. The molecule has 0 saturated carbocycles. The molecule has 0 saturated heterocycles. The number of nitrogens with one attached hydrogen (secondary N) is 2. The van der Waals surface area contributed by atoms with Crippen molar-refractivity contribution in [2.45, 2.75) is 6.54 Å². The van der Waals surface area contributed by atoms with Crippen LogP contribution in [0.15, 0.2) is 86.0 Å². The Kier molecular flexibility index (Phi) is 6.15. The minimum absolute atomic E-state index is 0.140. The lowest BCUT2D eigenvalue weighted by Crippen LogP contribution is -2.36. The van der Waals surface area contributed by atoms with Gasteiger partial charge in [-0.3, -0.25) is 29.0 Å². The van der Waals surface area contributed by atoms with E-state index in [-0.39, 0.29) is 43.3 Å². The zero-order valence-electron chi connectivity index (χ0n) is 20.0. The molecule has 0 spiro atoms.